The van der Waals surface area contributed by atoms with E-state index >= 15 is 0 Å². The predicted octanol–water partition coefficient (Wildman–Crippen LogP) is 4.77. The van der Waals surface area contributed by atoms with Crippen LogP contribution in [0.2, 0.25) is 0 Å². The van der Waals surface area contributed by atoms with Gasteiger partial charge in [0, 0.05) is 6.04 Å². The van der Waals surface area contributed by atoms with Crippen molar-refractivity contribution in [1.29, 1.82) is 0 Å². The van der Waals surface area contributed by atoms with Crippen molar-refractivity contribution in [2.45, 2.75) is 55.3 Å². The third kappa shape index (κ3) is 6.38. The lowest BCUT2D eigenvalue weighted by atomic mass is 9.97. The summed E-state index contributed by atoms with van der Waals surface area (Å²) in [4.78, 5) is 24.4. The Balaban J connectivity index is 1.51. The molecule has 1 aromatic heterocycles. The molecule has 0 radical (unpaired) electrons. The Bertz CT molecular complexity index is 884. The third-order valence-corrected chi connectivity index (χ3v) is 7.06. The van der Waals surface area contributed by atoms with Crippen molar-refractivity contribution in [2.24, 2.45) is 0 Å². The van der Waals surface area contributed by atoms with Gasteiger partial charge in [-0.1, -0.05) is 55.2 Å². The van der Waals surface area contributed by atoms with E-state index in [0.717, 1.165) is 35.7 Å². The second kappa shape index (κ2) is 10.9. The van der Waals surface area contributed by atoms with E-state index in [1.807, 2.05) is 6.26 Å². The van der Waals surface area contributed by atoms with Crippen LogP contribution in [0.4, 0.5) is 0 Å². The van der Waals surface area contributed by atoms with Crippen molar-refractivity contribution in [1.82, 2.24) is 15.1 Å². The van der Waals surface area contributed by atoms with Crippen LogP contribution in [0.3, 0.4) is 0 Å². The molecule has 0 atom stereocenters. The second-order valence-electron chi connectivity index (χ2n) is 6.98. The zero-order chi connectivity index (χ0) is 20.6. The molecule has 0 spiro atoms. The van der Waals surface area contributed by atoms with Crippen LogP contribution in [-0.2, 0) is 9.53 Å². The summed E-state index contributed by atoms with van der Waals surface area (Å²) in [7, 11) is 0. The number of hydrogen-bond acceptors (Lipinski definition) is 7. The quantitative estimate of drug-likeness (QED) is 0.387. The van der Waals surface area contributed by atoms with Gasteiger partial charge in [0.25, 0.3) is 5.91 Å². The van der Waals surface area contributed by atoms with Crippen molar-refractivity contribution in [3.05, 3.63) is 33.8 Å². The van der Waals surface area contributed by atoms with Gasteiger partial charge in [-0.3, -0.25) is 4.79 Å². The van der Waals surface area contributed by atoms with Gasteiger partial charge in [0.1, 0.15) is 0 Å². The molecule has 1 amide bonds. The monoisotopic (exact) mass is 451 g/mol. The number of thioether (sulfide) groups is 1. The van der Waals surface area contributed by atoms with Gasteiger partial charge in [0.2, 0.25) is 0 Å². The number of benzene rings is 1. The average Bonchev–Trinajstić information content (AvgIpc) is 3.09. The van der Waals surface area contributed by atoms with E-state index in [1.165, 1.54) is 42.4 Å². The van der Waals surface area contributed by atoms with Crippen LogP contribution < -0.4 is 5.32 Å². The van der Waals surface area contributed by atoms with Gasteiger partial charge < -0.3 is 10.1 Å². The first-order valence-electron chi connectivity index (χ1n) is 9.78. The molecule has 29 heavy (non-hydrogen) atoms. The smallest absolute Gasteiger partial charge is 0.338 e. The lowest BCUT2D eigenvalue weighted by Gasteiger charge is -2.20. The molecular weight excluding hydrogens is 426 g/mol. The highest BCUT2D eigenvalue weighted by molar-refractivity contribution is 8.00. The fraction of sp³-hybridized carbons (Fsp3) is 0.500. The summed E-state index contributed by atoms with van der Waals surface area (Å²) in [6.07, 6.45) is 9.95. The number of amides is 1. The van der Waals surface area contributed by atoms with Crippen molar-refractivity contribution >= 4 is 47.2 Å². The van der Waals surface area contributed by atoms with Crippen LogP contribution in [0.1, 0.15) is 55.3 Å². The molecular formula is C20H25N3O3S3. The summed E-state index contributed by atoms with van der Waals surface area (Å²) in [5, 5.41) is 7.42. The molecule has 3 rings (SSSR count). The molecule has 0 aliphatic heterocycles. The van der Waals surface area contributed by atoms with E-state index in [2.05, 4.69) is 10.4 Å². The number of hydrogen-bond donors (Lipinski definition) is 1. The molecule has 1 aromatic carbocycles. The summed E-state index contributed by atoms with van der Waals surface area (Å²) >= 11 is 8.31. The topological polar surface area (TPSA) is 73.2 Å². The van der Waals surface area contributed by atoms with Crippen LogP contribution in [0.25, 0.3) is 5.69 Å². The van der Waals surface area contributed by atoms with Gasteiger partial charge in [0.15, 0.2) is 14.9 Å². The second-order valence-corrected chi connectivity index (χ2v) is 9.66. The Morgan fingerprint density at radius 3 is 2.48 bits per heavy atom. The Morgan fingerprint density at radius 2 is 1.86 bits per heavy atom. The maximum absolute atomic E-state index is 12.3. The number of carbonyl (C=O) groups is 2. The molecule has 0 saturated heterocycles. The first kappa shape index (κ1) is 22.0. The van der Waals surface area contributed by atoms with E-state index in [0.29, 0.717) is 9.52 Å². The van der Waals surface area contributed by atoms with Crippen LogP contribution in [0, 0.1) is 3.95 Å². The van der Waals surface area contributed by atoms with Crippen LogP contribution in [0.5, 0.6) is 0 Å². The maximum Gasteiger partial charge on any atom is 0.338 e. The number of nitrogens with one attached hydrogen (secondary N) is 1. The minimum Gasteiger partial charge on any atom is -0.452 e. The number of ether oxygens (including phenoxy) is 1. The number of nitrogens with zero attached hydrogens (tertiary/aromatic N) is 2. The summed E-state index contributed by atoms with van der Waals surface area (Å²) in [6, 6.07) is 7.04. The fourth-order valence-corrected chi connectivity index (χ4v) is 5.11. The molecule has 1 aliphatic rings. The molecule has 1 N–H and O–H groups in total. The molecule has 156 valence electrons. The van der Waals surface area contributed by atoms with Crippen LogP contribution in [-0.4, -0.2) is 40.6 Å². The highest BCUT2D eigenvalue weighted by Gasteiger charge is 2.16. The van der Waals surface area contributed by atoms with Gasteiger partial charge in [-0.25, -0.2) is 9.48 Å². The highest BCUT2D eigenvalue weighted by Crippen LogP contribution is 2.22. The van der Waals surface area contributed by atoms with Crippen LogP contribution in [0.15, 0.2) is 28.6 Å². The van der Waals surface area contributed by atoms with E-state index in [-0.39, 0.29) is 18.6 Å². The van der Waals surface area contributed by atoms with Crippen molar-refractivity contribution in [3.8, 4) is 5.69 Å². The maximum atomic E-state index is 12.3. The van der Waals surface area contributed by atoms with Crippen LogP contribution >= 0.6 is 35.3 Å². The summed E-state index contributed by atoms with van der Waals surface area (Å²) in [5.74, 6) is -0.755. The Hall–Kier alpha value is -1.71. The van der Waals surface area contributed by atoms with E-state index in [9.17, 15) is 9.59 Å². The lowest BCUT2D eigenvalue weighted by Crippen LogP contribution is -2.38. The first-order chi connectivity index (χ1) is 14.1. The standard InChI is InChI=1S/C20H25N3O3S3/c1-28-19-22-23(20(27)29-19)16-11-9-14(10-12-16)18(25)26-13-17(24)21-15-7-5-3-2-4-6-8-15/h9-12,15H,2-8,13H2,1H3,(H,21,24). The lowest BCUT2D eigenvalue weighted by molar-refractivity contribution is -0.125. The Morgan fingerprint density at radius 1 is 1.21 bits per heavy atom. The van der Waals surface area contributed by atoms with Crippen molar-refractivity contribution < 1.29 is 14.3 Å². The minimum atomic E-state index is -0.518. The number of aromatic nitrogens is 2. The molecule has 9 heteroatoms. The molecule has 1 fully saturated rings. The van der Waals surface area contributed by atoms with Gasteiger partial charge in [-0.05, 0) is 55.6 Å². The fourth-order valence-electron chi connectivity index (χ4n) is 3.33. The highest BCUT2D eigenvalue weighted by atomic mass is 32.2. The summed E-state index contributed by atoms with van der Waals surface area (Å²) < 4.78 is 8.38. The average molecular weight is 452 g/mol. The normalized spacial score (nSPS) is 15.3. The largest absolute Gasteiger partial charge is 0.452 e. The van der Waals surface area contributed by atoms with E-state index in [1.54, 1.807) is 28.9 Å². The Kier molecular flexibility index (Phi) is 8.26. The molecule has 6 nitrogen and oxygen atoms in total. The van der Waals surface area contributed by atoms with Gasteiger partial charge >= 0.3 is 5.97 Å². The number of esters is 1. The first-order valence-corrected chi connectivity index (χ1v) is 12.2. The number of rotatable bonds is 6. The summed E-state index contributed by atoms with van der Waals surface area (Å²) in [6.45, 7) is -0.259. The molecule has 0 bridgehead atoms. The van der Waals surface area contributed by atoms with Crippen molar-refractivity contribution in [3.63, 3.8) is 0 Å². The van der Waals surface area contributed by atoms with Gasteiger partial charge in [-0.2, -0.15) is 0 Å². The minimum absolute atomic E-state index is 0.190. The predicted molar refractivity (Wildman–Crippen MR) is 119 cm³/mol. The van der Waals surface area contributed by atoms with Gasteiger partial charge in [-0.15, -0.1) is 5.10 Å². The zero-order valence-electron chi connectivity index (χ0n) is 16.4. The molecule has 1 heterocycles. The SMILES string of the molecule is CSc1nn(-c2ccc(C(=O)OCC(=O)NC3CCCCCCC3)cc2)c(=S)s1. The van der Waals surface area contributed by atoms with E-state index < -0.39 is 5.97 Å². The zero-order valence-corrected chi connectivity index (χ0v) is 18.8. The molecule has 2 aromatic rings. The molecule has 1 saturated carbocycles. The van der Waals surface area contributed by atoms with Crippen molar-refractivity contribution in [2.75, 3.05) is 12.9 Å². The van der Waals surface area contributed by atoms with E-state index in [4.69, 9.17) is 17.0 Å². The molecule has 0 unspecified atom stereocenters. The molecule has 1 aliphatic carbocycles. The van der Waals surface area contributed by atoms with Gasteiger partial charge in [0.05, 0.1) is 11.3 Å². The summed E-state index contributed by atoms with van der Waals surface area (Å²) in [5.41, 5.74) is 1.17. The Labute approximate surface area is 184 Å². The third-order valence-electron chi connectivity index (χ3n) is 4.86. The number of carbonyl (C=O) groups excluding carboxylic acids is 2.